The van der Waals surface area contributed by atoms with E-state index in [0.29, 0.717) is 18.9 Å². The molecule has 2 rings (SSSR count). The van der Waals surface area contributed by atoms with Crippen molar-refractivity contribution >= 4 is 24.0 Å². The van der Waals surface area contributed by atoms with Gasteiger partial charge in [0.2, 0.25) is 5.91 Å². The summed E-state index contributed by atoms with van der Waals surface area (Å²) in [6.07, 6.45) is 3.91. The molecular formula is C15H23ClN2O. The minimum absolute atomic E-state index is 0. The molecule has 1 saturated carbocycles. The number of nitrogens with zero attached hydrogens (tertiary/aromatic N) is 1. The van der Waals surface area contributed by atoms with E-state index >= 15 is 0 Å². The first kappa shape index (κ1) is 16.0. The molecule has 19 heavy (non-hydrogen) atoms. The number of halogens is 1. The van der Waals surface area contributed by atoms with Crippen LogP contribution in [0.15, 0.2) is 30.3 Å². The van der Waals surface area contributed by atoms with Gasteiger partial charge in [-0.3, -0.25) is 4.79 Å². The Morgan fingerprint density at radius 1 is 1.32 bits per heavy atom. The van der Waals surface area contributed by atoms with Gasteiger partial charge in [0, 0.05) is 24.7 Å². The van der Waals surface area contributed by atoms with Crippen LogP contribution in [0.1, 0.15) is 32.6 Å². The molecular weight excluding hydrogens is 260 g/mol. The summed E-state index contributed by atoms with van der Waals surface area (Å²) in [6, 6.07) is 10.1. The maximum Gasteiger partial charge on any atom is 0.227 e. The average molecular weight is 283 g/mol. The monoisotopic (exact) mass is 282 g/mol. The number of para-hydroxylation sites is 1. The van der Waals surface area contributed by atoms with E-state index in [0.717, 1.165) is 24.9 Å². The lowest BCUT2D eigenvalue weighted by Gasteiger charge is -2.24. The Hall–Kier alpha value is -1.06. The molecule has 106 valence electrons. The van der Waals surface area contributed by atoms with E-state index in [1.54, 1.807) is 0 Å². The highest BCUT2D eigenvalue weighted by molar-refractivity contribution is 5.93. The Kier molecular flexibility index (Phi) is 6.32. The van der Waals surface area contributed by atoms with Gasteiger partial charge < -0.3 is 10.6 Å². The topological polar surface area (TPSA) is 46.3 Å². The first-order chi connectivity index (χ1) is 8.72. The van der Waals surface area contributed by atoms with Gasteiger partial charge in [0.05, 0.1) is 0 Å². The van der Waals surface area contributed by atoms with Gasteiger partial charge >= 0.3 is 0 Å². The van der Waals surface area contributed by atoms with Crippen LogP contribution in [-0.4, -0.2) is 18.5 Å². The van der Waals surface area contributed by atoms with Crippen LogP contribution >= 0.6 is 12.4 Å². The van der Waals surface area contributed by atoms with Crippen LogP contribution in [-0.2, 0) is 4.79 Å². The zero-order chi connectivity index (χ0) is 13.0. The van der Waals surface area contributed by atoms with Gasteiger partial charge in [-0.2, -0.15) is 0 Å². The second kappa shape index (κ2) is 7.51. The Morgan fingerprint density at radius 3 is 2.53 bits per heavy atom. The predicted molar refractivity (Wildman–Crippen MR) is 81.7 cm³/mol. The van der Waals surface area contributed by atoms with E-state index in [-0.39, 0.29) is 24.4 Å². The van der Waals surface area contributed by atoms with Gasteiger partial charge in [0.1, 0.15) is 0 Å². The van der Waals surface area contributed by atoms with Gasteiger partial charge in [0.25, 0.3) is 0 Å². The van der Waals surface area contributed by atoms with E-state index in [4.69, 9.17) is 5.73 Å². The zero-order valence-electron chi connectivity index (χ0n) is 11.4. The Labute approximate surface area is 121 Å². The summed E-state index contributed by atoms with van der Waals surface area (Å²) < 4.78 is 0. The molecule has 1 aromatic rings. The zero-order valence-corrected chi connectivity index (χ0v) is 12.2. The fourth-order valence-corrected chi connectivity index (χ4v) is 2.76. The van der Waals surface area contributed by atoms with Gasteiger partial charge in [0.15, 0.2) is 0 Å². The number of amides is 1. The largest absolute Gasteiger partial charge is 0.327 e. The predicted octanol–water partition coefficient (Wildman–Crippen LogP) is 2.98. The van der Waals surface area contributed by atoms with Crippen LogP contribution in [0.3, 0.4) is 0 Å². The molecule has 1 amide bonds. The smallest absolute Gasteiger partial charge is 0.227 e. The molecule has 0 aliphatic heterocycles. The molecule has 3 nitrogen and oxygen atoms in total. The molecule has 0 saturated heterocycles. The molecule has 2 atom stereocenters. The van der Waals surface area contributed by atoms with Crippen molar-refractivity contribution in [1.29, 1.82) is 0 Å². The van der Waals surface area contributed by atoms with Crippen molar-refractivity contribution < 1.29 is 4.79 Å². The standard InChI is InChI=1S/C15H22N2O.ClH/c1-2-17(13-8-4-3-5-9-13)15(18)11-12-7-6-10-14(12)16;/h3-5,8-9,12,14H,2,6-7,10-11,16H2,1H3;1H/t12-,14+;/m0./s1. The van der Waals surface area contributed by atoms with E-state index in [1.807, 2.05) is 42.2 Å². The second-order valence-electron chi connectivity index (χ2n) is 5.03. The first-order valence-corrected chi connectivity index (χ1v) is 6.83. The number of nitrogens with two attached hydrogens (primary N) is 1. The van der Waals surface area contributed by atoms with E-state index in [1.165, 1.54) is 0 Å². The Bertz CT molecular complexity index is 396. The fourth-order valence-electron chi connectivity index (χ4n) is 2.76. The molecule has 0 spiro atoms. The van der Waals surface area contributed by atoms with Crippen LogP contribution in [0.4, 0.5) is 5.69 Å². The highest BCUT2D eigenvalue weighted by atomic mass is 35.5. The Balaban J connectivity index is 0.00000180. The molecule has 1 aromatic carbocycles. The number of carbonyl (C=O) groups is 1. The lowest BCUT2D eigenvalue weighted by molar-refractivity contribution is -0.119. The number of hydrogen-bond acceptors (Lipinski definition) is 2. The normalized spacial score (nSPS) is 21.8. The molecule has 1 aliphatic rings. The van der Waals surface area contributed by atoms with Crippen LogP contribution in [0.5, 0.6) is 0 Å². The third-order valence-electron chi connectivity index (χ3n) is 3.84. The van der Waals surface area contributed by atoms with Crippen molar-refractivity contribution in [2.45, 2.75) is 38.6 Å². The summed E-state index contributed by atoms with van der Waals surface area (Å²) in [7, 11) is 0. The molecule has 0 unspecified atom stereocenters. The minimum atomic E-state index is 0. The number of benzene rings is 1. The molecule has 0 radical (unpaired) electrons. The van der Waals surface area contributed by atoms with Crippen LogP contribution in [0.2, 0.25) is 0 Å². The molecule has 1 fully saturated rings. The third kappa shape index (κ3) is 3.95. The number of hydrogen-bond donors (Lipinski definition) is 1. The quantitative estimate of drug-likeness (QED) is 0.923. The van der Waals surface area contributed by atoms with Crippen molar-refractivity contribution in [3.8, 4) is 0 Å². The summed E-state index contributed by atoms with van der Waals surface area (Å²) in [6.45, 7) is 2.73. The van der Waals surface area contributed by atoms with Crippen molar-refractivity contribution in [3.05, 3.63) is 30.3 Å². The van der Waals surface area contributed by atoms with Crippen LogP contribution in [0.25, 0.3) is 0 Å². The van der Waals surface area contributed by atoms with Crippen molar-refractivity contribution in [3.63, 3.8) is 0 Å². The molecule has 4 heteroatoms. The van der Waals surface area contributed by atoms with E-state index < -0.39 is 0 Å². The summed E-state index contributed by atoms with van der Waals surface area (Å²) in [4.78, 5) is 14.2. The highest BCUT2D eigenvalue weighted by Gasteiger charge is 2.27. The lowest BCUT2D eigenvalue weighted by atomic mass is 9.99. The first-order valence-electron chi connectivity index (χ1n) is 6.83. The summed E-state index contributed by atoms with van der Waals surface area (Å²) in [5.74, 6) is 0.571. The highest BCUT2D eigenvalue weighted by Crippen LogP contribution is 2.28. The van der Waals surface area contributed by atoms with Gasteiger partial charge in [-0.1, -0.05) is 24.6 Å². The maximum absolute atomic E-state index is 12.3. The van der Waals surface area contributed by atoms with Gasteiger partial charge in [-0.15, -0.1) is 12.4 Å². The summed E-state index contributed by atoms with van der Waals surface area (Å²) >= 11 is 0. The SMILES string of the molecule is CCN(C(=O)C[C@@H]1CCC[C@H]1N)c1ccccc1.Cl. The van der Waals surface area contributed by atoms with E-state index in [2.05, 4.69) is 0 Å². The maximum atomic E-state index is 12.3. The lowest BCUT2D eigenvalue weighted by Crippen LogP contribution is -2.35. The summed E-state index contributed by atoms with van der Waals surface area (Å²) in [5.41, 5.74) is 7.02. The Morgan fingerprint density at radius 2 is 2.00 bits per heavy atom. The van der Waals surface area contributed by atoms with Gasteiger partial charge in [-0.05, 0) is 37.8 Å². The second-order valence-corrected chi connectivity index (χ2v) is 5.03. The molecule has 2 N–H and O–H groups in total. The number of rotatable bonds is 4. The number of carbonyl (C=O) groups excluding carboxylic acids is 1. The van der Waals surface area contributed by atoms with E-state index in [9.17, 15) is 4.79 Å². The minimum Gasteiger partial charge on any atom is -0.327 e. The summed E-state index contributed by atoms with van der Waals surface area (Å²) in [5, 5.41) is 0. The molecule has 0 aromatic heterocycles. The molecule has 0 bridgehead atoms. The van der Waals surface area contributed by atoms with Crippen LogP contribution in [0, 0.1) is 5.92 Å². The van der Waals surface area contributed by atoms with Crippen molar-refractivity contribution in [2.75, 3.05) is 11.4 Å². The fraction of sp³-hybridized carbons (Fsp3) is 0.533. The van der Waals surface area contributed by atoms with Crippen LogP contribution < -0.4 is 10.6 Å². The van der Waals surface area contributed by atoms with Gasteiger partial charge in [-0.25, -0.2) is 0 Å². The van der Waals surface area contributed by atoms with Crippen molar-refractivity contribution in [1.82, 2.24) is 0 Å². The van der Waals surface area contributed by atoms with Crippen molar-refractivity contribution in [2.24, 2.45) is 11.7 Å². The molecule has 1 aliphatic carbocycles. The molecule has 0 heterocycles. The number of anilines is 1. The average Bonchev–Trinajstić information content (AvgIpc) is 2.77. The third-order valence-corrected chi connectivity index (χ3v) is 3.84.